The highest BCUT2D eigenvalue weighted by Gasteiger charge is 2.57. The van der Waals surface area contributed by atoms with Gasteiger partial charge in [-0.1, -0.05) is 12.1 Å². The van der Waals surface area contributed by atoms with Crippen LogP contribution < -0.4 is 5.32 Å². The molecule has 1 unspecified atom stereocenters. The molecule has 3 aliphatic rings. The minimum absolute atomic E-state index is 0.0875. The lowest BCUT2D eigenvalue weighted by Crippen LogP contribution is -2.43. The topological polar surface area (TPSA) is 79.6 Å². The summed E-state index contributed by atoms with van der Waals surface area (Å²) in [7, 11) is 0. The number of amides is 2. The molecular weight excluding hydrogens is 512 g/mol. The maximum absolute atomic E-state index is 13.7. The Kier molecular flexibility index (Phi) is 7.57. The molecule has 0 radical (unpaired) electrons. The maximum Gasteiger partial charge on any atom is 0.419 e. The molecule has 10 heteroatoms. The molecule has 4 atom stereocenters. The van der Waals surface area contributed by atoms with Crippen LogP contribution in [0.5, 0.6) is 0 Å². The Morgan fingerprint density at radius 1 is 1.23 bits per heavy atom. The van der Waals surface area contributed by atoms with Crippen LogP contribution in [0.15, 0.2) is 42.5 Å². The molecule has 3 fully saturated rings. The normalized spacial score (nSPS) is 26.5. The molecule has 1 aliphatic heterocycles. The van der Waals surface area contributed by atoms with Gasteiger partial charge in [-0.05, 0) is 85.3 Å². The molecule has 1 heterocycles. The zero-order valence-electron chi connectivity index (χ0n) is 21.6. The second-order valence-corrected chi connectivity index (χ2v) is 11.2. The van der Waals surface area contributed by atoms with Gasteiger partial charge in [0.05, 0.1) is 23.3 Å². The number of β-amino-alcohol motifs (C(OH)–C–C–N with tert-alkyl or cyclic N) is 1. The van der Waals surface area contributed by atoms with Crippen LogP contribution in [0.3, 0.4) is 0 Å². The Bertz CT molecular complexity index is 1260. The first-order valence-electron chi connectivity index (χ1n) is 13.4. The smallest absolute Gasteiger partial charge is 0.392 e. The summed E-state index contributed by atoms with van der Waals surface area (Å²) in [5, 5.41) is 21.7. The van der Waals surface area contributed by atoms with E-state index in [1.807, 2.05) is 12.1 Å². The number of aliphatic hydroxyl groups is 1. The zero-order valence-corrected chi connectivity index (χ0v) is 21.6. The Morgan fingerprint density at radius 3 is 2.74 bits per heavy atom. The van der Waals surface area contributed by atoms with Crippen LogP contribution in [0.25, 0.3) is 0 Å². The van der Waals surface area contributed by atoms with Crippen molar-refractivity contribution in [2.45, 2.75) is 49.8 Å². The largest absolute Gasteiger partial charge is 0.419 e. The number of aliphatic hydroxyl groups excluding tert-OH is 1. The van der Waals surface area contributed by atoms with E-state index in [0.29, 0.717) is 56.2 Å². The van der Waals surface area contributed by atoms with Gasteiger partial charge in [0.1, 0.15) is 5.82 Å². The molecular formula is C29H32F4N4O2. The van der Waals surface area contributed by atoms with Crippen LogP contribution in [-0.2, 0) is 11.6 Å². The van der Waals surface area contributed by atoms with Gasteiger partial charge < -0.3 is 15.3 Å². The SMILES string of the molecule is N#Cc1cccc([C@]23CC[C@@H](CN(CCN4CC[C@H](O)C4)C(=O)Nc4ccc(F)c(C(F)(F)F)c4)CC2C3)c1. The molecule has 6 nitrogen and oxygen atoms in total. The monoisotopic (exact) mass is 544 g/mol. The van der Waals surface area contributed by atoms with E-state index in [1.54, 1.807) is 11.0 Å². The van der Waals surface area contributed by atoms with E-state index in [1.165, 1.54) is 5.56 Å². The lowest BCUT2D eigenvalue weighted by Gasteiger charge is -2.33. The third-order valence-electron chi connectivity index (χ3n) is 8.64. The molecule has 39 heavy (non-hydrogen) atoms. The van der Waals surface area contributed by atoms with Crippen molar-refractivity contribution in [1.29, 1.82) is 5.26 Å². The molecule has 2 N–H and O–H groups in total. The van der Waals surface area contributed by atoms with Gasteiger partial charge in [-0.2, -0.15) is 18.4 Å². The number of carbonyl (C=O) groups excluding carboxylic acids is 1. The van der Waals surface area contributed by atoms with Gasteiger partial charge in [-0.25, -0.2) is 9.18 Å². The Labute approximate surface area is 225 Å². The van der Waals surface area contributed by atoms with Crippen molar-refractivity contribution < 1.29 is 27.5 Å². The summed E-state index contributed by atoms with van der Waals surface area (Å²) in [6.07, 6.45) is -0.766. The van der Waals surface area contributed by atoms with Crippen molar-refractivity contribution >= 4 is 11.7 Å². The highest BCUT2D eigenvalue weighted by molar-refractivity contribution is 5.89. The van der Waals surface area contributed by atoms with E-state index in [4.69, 9.17) is 0 Å². The van der Waals surface area contributed by atoms with Gasteiger partial charge in [-0.3, -0.25) is 4.90 Å². The van der Waals surface area contributed by atoms with E-state index < -0.39 is 29.7 Å². The number of nitrogens with one attached hydrogen (secondary N) is 1. The van der Waals surface area contributed by atoms with Crippen LogP contribution in [0, 0.1) is 29.0 Å². The number of anilines is 1. The van der Waals surface area contributed by atoms with E-state index in [9.17, 15) is 32.7 Å². The third-order valence-corrected chi connectivity index (χ3v) is 8.64. The fraction of sp³-hybridized carbons (Fsp3) is 0.517. The summed E-state index contributed by atoms with van der Waals surface area (Å²) in [6, 6.07) is 11.9. The summed E-state index contributed by atoms with van der Waals surface area (Å²) >= 11 is 0. The van der Waals surface area contributed by atoms with Crippen LogP contribution in [0.4, 0.5) is 28.0 Å². The summed E-state index contributed by atoms with van der Waals surface area (Å²) in [6.45, 7) is 2.61. The summed E-state index contributed by atoms with van der Waals surface area (Å²) < 4.78 is 53.3. The number of rotatable bonds is 7. The molecule has 2 aromatic carbocycles. The van der Waals surface area contributed by atoms with Gasteiger partial charge in [0.2, 0.25) is 0 Å². The first-order chi connectivity index (χ1) is 18.6. The quantitative estimate of drug-likeness (QED) is 0.459. The first-order valence-corrected chi connectivity index (χ1v) is 13.4. The standard InChI is InChI=1S/C29H32F4N4O2/c30-26-5-4-23(14-25(26)29(31,32)33)35-27(39)37(11-10-36-9-7-24(38)18-36)17-20-6-8-28(15-22(28)13-20)21-3-1-2-19(12-21)16-34/h1-5,12,14,20,22,24,38H,6-11,13,15,17-18H2,(H,35,39)/t20-,22?,24+,28-/m1/s1. The fourth-order valence-corrected chi connectivity index (χ4v) is 6.43. The number of likely N-dealkylation sites (tertiary alicyclic amines) is 1. The van der Waals surface area contributed by atoms with E-state index in [0.717, 1.165) is 38.3 Å². The molecule has 5 rings (SSSR count). The Balaban J connectivity index is 1.26. The van der Waals surface area contributed by atoms with Crippen LogP contribution in [-0.4, -0.2) is 59.8 Å². The van der Waals surface area contributed by atoms with E-state index >= 15 is 0 Å². The Morgan fingerprint density at radius 2 is 2.05 bits per heavy atom. The number of benzene rings is 2. The number of alkyl halides is 3. The molecule has 0 bridgehead atoms. The van der Waals surface area contributed by atoms with Gasteiger partial charge in [-0.15, -0.1) is 0 Å². The molecule has 0 spiro atoms. The van der Waals surface area contributed by atoms with Crippen molar-refractivity contribution in [2.75, 3.05) is 38.0 Å². The number of nitrogens with zero attached hydrogens (tertiary/aromatic N) is 3. The number of fused-ring (bicyclic) bond motifs is 1. The highest BCUT2D eigenvalue weighted by atomic mass is 19.4. The van der Waals surface area contributed by atoms with Gasteiger partial charge in [0, 0.05) is 38.4 Å². The van der Waals surface area contributed by atoms with E-state index in [2.05, 4.69) is 22.4 Å². The van der Waals surface area contributed by atoms with Crippen LogP contribution >= 0.6 is 0 Å². The summed E-state index contributed by atoms with van der Waals surface area (Å²) in [5.41, 5.74) is 0.404. The molecule has 2 amide bonds. The highest BCUT2D eigenvalue weighted by Crippen LogP contribution is 2.63. The number of halogens is 4. The van der Waals surface area contributed by atoms with Crippen molar-refractivity contribution in [1.82, 2.24) is 9.80 Å². The van der Waals surface area contributed by atoms with Crippen LogP contribution in [0.1, 0.15) is 48.8 Å². The molecule has 208 valence electrons. The number of hydrogen-bond donors (Lipinski definition) is 2. The van der Waals surface area contributed by atoms with Crippen LogP contribution in [0.2, 0.25) is 0 Å². The summed E-state index contributed by atoms with van der Waals surface area (Å²) in [4.78, 5) is 17.0. The molecule has 1 saturated heterocycles. The number of hydrogen-bond acceptors (Lipinski definition) is 4. The van der Waals surface area contributed by atoms with Crippen molar-refractivity contribution in [2.24, 2.45) is 11.8 Å². The lowest BCUT2D eigenvalue weighted by atomic mass is 9.77. The predicted octanol–water partition coefficient (Wildman–Crippen LogP) is 5.37. The second kappa shape index (κ2) is 10.8. The summed E-state index contributed by atoms with van der Waals surface area (Å²) in [5.74, 6) is -0.686. The first kappa shape index (κ1) is 27.4. The third kappa shape index (κ3) is 6.04. The molecule has 2 aliphatic carbocycles. The van der Waals surface area contributed by atoms with Gasteiger partial charge >= 0.3 is 12.2 Å². The van der Waals surface area contributed by atoms with Gasteiger partial charge in [0.15, 0.2) is 0 Å². The Hall–Kier alpha value is -3.16. The number of nitriles is 1. The predicted molar refractivity (Wildman–Crippen MR) is 137 cm³/mol. The average Bonchev–Trinajstić information content (AvgIpc) is 3.50. The molecule has 2 saturated carbocycles. The van der Waals surface area contributed by atoms with Crippen molar-refractivity contribution in [3.05, 3.63) is 65.0 Å². The fourth-order valence-electron chi connectivity index (χ4n) is 6.43. The maximum atomic E-state index is 13.7. The lowest BCUT2D eigenvalue weighted by molar-refractivity contribution is -0.139. The molecule has 0 aromatic heterocycles. The minimum Gasteiger partial charge on any atom is -0.392 e. The van der Waals surface area contributed by atoms with Crippen molar-refractivity contribution in [3.63, 3.8) is 0 Å². The average molecular weight is 545 g/mol. The zero-order chi connectivity index (χ0) is 27.8. The number of carbonyl (C=O) groups is 1. The number of urea groups is 1. The molecule has 2 aromatic rings. The minimum atomic E-state index is -4.87. The van der Waals surface area contributed by atoms with E-state index in [-0.39, 0.29) is 17.0 Å². The second-order valence-electron chi connectivity index (χ2n) is 11.2. The van der Waals surface area contributed by atoms with Gasteiger partial charge in [0.25, 0.3) is 0 Å². The van der Waals surface area contributed by atoms with Crippen molar-refractivity contribution in [3.8, 4) is 6.07 Å².